The Morgan fingerprint density at radius 3 is 2.45 bits per heavy atom. The Morgan fingerprint density at radius 1 is 1.06 bits per heavy atom. The van der Waals surface area contributed by atoms with Crippen molar-refractivity contribution in [2.75, 3.05) is 5.01 Å². The zero-order valence-corrected chi connectivity index (χ0v) is 18.9. The number of rotatable bonds is 5. The number of amides is 2. The quantitative estimate of drug-likeness (QED) is 0.377. The number of nitrogens with zero attached hydrogens (tertiary/aromatic N) is 1. The molecule has 1 N–H and O–H groups in total. The van der Waals surface area contributed by atoms with Crippen LogP contribution in [0.15, 0.2) is 76.8 Å². The minimum Gasteiger partial charge on any atom is -0.486 e. The number of para-hydroxylation sites is 1. The van der Waals surface area contributed by atoms with Crippen molar-refractivity contribution < 1.29 is 14.3 Å². The molecule has 0 unspecified atom stereocenters. The molecular formula is C24H18BrClN2O3. The molecule has 1 heterocycles. The van der Waals surface area contributed by atoms with Crippen LogP contribution in [0, 0.1) is 6.92 Å². The molecule has 156 valence electrons. The SMILES string of the molecule is Cc1ccc(COc2c(Cl)cc(/C=C3/C(=O)NN(c4ccccc4)C3=O)cc2Br)cc1. The van der Waals surface area contributed by atoms with Crippen molar-refractivity contribution in [3.05, 3.63) is 98.5 Å². The third-order valence-corrected chi connectivity index (χ3v) is 5.61. The number of hydrogen-bond donors (Lipinski definition) is 1. The van der Waals surface area contributed by atoms with E-state index in [0.29, 0.717) is 33.1 Å². The molecule has 0 saturated carbocycles. The molecule has 0 aromatic heterocycles. The van der Waals surface area contributed by atoms with Crippen LogP contribution >= 0.6 is 27.5 Å². The summed E-state index contributed by atoms with van der Waals surface area (Å²) < 4.78 is 6.51. The molecule has 1 aliphatic rings. The predicted octanol–water partition coefficient (Wildman–Crippen LogP) is 5.45. The second-order valence-corrected chi connectivity index (χ2v) is 8.32. The molecule has 3 aromatic rings. The molecule has 4 rings (SSSR count). The van der Waals surface area contributed by atoms with Gasteiger partial charge in [-0.15, -0.1) is 0 Å². The average molecular weight is 498 g/mol. The highest BCUT2D eigenvalue weighted by Gasteiger charge is 2.34. The number of nitrogens with one attached hydrogen (secondary N) is 1. The summed E-state index contributed by atoms with van der Waals surface area (Å²) >= 11 is 9.91. The van der Waals surface area contributed by atoms with Gasteiger partial charge in [0, 0.05) is 0 Å². The van der Waals surface area contributed by atoms with Crippen molar-refractivity contribution in [3.8, 4) is 5.75 Å². The Morgan fingerprint density at radius 2 is 1.77 bits per heavy atom. The zero-order chi connectivity index (χ0) is 22.0. The van der Waals surface area contributed by atoms with Gasteiger partial charge >= 0.3 is 0 Å². The Labute approximate surface area is 193 Å². The molecule has 1 saturated heterocycles. The third kappa shape index (κ3) is 4.65. The molecule has 1 aliphatic heterocycles. The van der Waals surface area contributed by atoms with Crippen LogP contribution in [-0.2, 0) is 16.2 Å². The van der Waals surface area contributed by atoms with Crippen LogP contribution in [-0.4, -0.2) is 11.8 Å². The average Bonchev–Trinajstić information content (AvgIpc) is 3.03. The smallest absolute Gasteiger partial charge is 0.282 e. The first-order valence-electron chi connectivity index (χ1n) is 9.52. The van der Waals surface area contributed by atoms with Crippen LogP contribution in [0.25, 0.3) is 6.08 Å². The number of hydrogen-bond acceptors (Lipinski definition) is 3. The van der Waals surface area contributed by atoms with Crippen LogP contribution in [0.1, 0.15) is 16.7 Å². The summed E-state index contributed by atoms with van der Waals surface area (Å²) in [5.74, 6) is -0.401. The van der Waals surface area contributed by atoms with E-state index in [4.69, 9.17) is 16.3 Å². The molecule has 31 heavy (non-hydrogen) atoms. The topological polar surface area (TPSA) is 58.6 Å². The summed E-state index contributed by atoms with van der Waals surface area (Å²) in [6.07, 6.45) is 1.51. The zero-order valence-electron chi connectivity index (χ0n) is 16.6. The van der Waals surface area contributed by atoms with E-state index in [0.717, 1.165) is 5.56 Å². The normalized spacial score (nSPS) is 14.8. The number of anilines is 1. The molecule has 0 spiro atoms. The standard InChI is InChI=1S/C24H18BrClN2O3/c1-15-7-9-16(10-8-15)14-31-22-20(25)12-17(13-21(22)26)11-19-23(29)27-28(24(19)30)18-5-3-2-4-6-18/h2-13H,14H2,1H3,(H,27,29)/b19-11-. The van der Waals surface area contributed by atoms with Crippen LogP contribution in [0.3, 0.4) is 0 Å². The highest BCUT2D eigenvalue weighted by Crippen LogP contribution is 2.36. The molecule has 2 amide bonds. The van der Waals surface area contributed by atoms with Gasteiger partial charge in [-0.2, -0.15) is 0 Å². The lowest BCUT2D eigenvalue weighted by Crippen LogP contribution is -2.35. The van der Waals surface area contributed by atoms with E-state index in [9.17, 15) is 9.59 Å². The molecule has 5 nitrogen and oxygen atoms in total. The summed E-state index contributed by atoms with van der Waals surface area (Å²) in [6, 6.07) is 20.4. The summed E-state index contributed by atoms with van der Waals surface area (Å²) in [7, 11) is 0. The molecule has 7 heteroatoms. The number of carbonyl (C=O) groups excluding carboxylic acids is 2. The van der Waals surface area contributed by atoms with E-state index in [1.807, 2.05) is 37.3 Å². The highest BCUT2D eigenvalue weighted by molar-refractivity contribution is 9.10. The van der Waals surface area contributed by atoms with Crippen molar-refractivity contribution in [2.24, 2.45) is 0 Å². The Kier molecular flexibility index (Phi) is 6.11. The maximum atomic E-state index is 12.7. The van der Waals surface area contributed by atoms with Gasteiger partial charge in [-0.3, -0.25) is 15.0 Å². The molecule has 0 atom stereocenters. The minimum absolute atomic E-state index is 0.0279. The first-order valence-corrected chi connectivity index (χ1v) is 10.7. The number of hydrazine groups is 1. The van der Waals surface area contributed by atoms with E-state index < -0.39 is 11.8 Å². The van der Waals surface area contributed by atoms with Gasteiger partial charge in [-0.1, -0.05) is 59.6 Å². The van der Waals surface area contributed by atoms with E-state index >= 15 is 0 Å². The Balaban J connectivity index is 1.55. The largest absolute Gasteiger partial charge is 0.486 e. The van der Waals surface area contributed by atoms with Crippen molar-refractivity contribution in [3.63, 3.8) is 0 Å². The van der Waals surface area contributed by atoms with E-state index in [1.165, 1.54) is 16.6 Å². The fraction of sp³-hybridized carbons (Fsp3) is 0.0833. The summed E-state index contributed by atoms with van der Waals surface area (Å²) in [6.45, 7) is 2.39. The van der Waals surface area contributed by atoms with Gasteiger partial charge in [0.15, 0.2) is 5.75 Å². The van der Waals surface area contributed by atoms with E-state index in [-0.39, 0.29) is 5.57 Å². The lowest BCUT2D eigenvalue weighted by molar-refractivity contribution is -0.117. The molecule has 0 radical (unpaired) electrons. The first-order chi connectivity index (χ1) is 14.9. The maximum absolute atomic E-state index is 12.7. The van der Waals surface area contributed by atoms with Crippen LogP contribution in [0.5, 0.6) is 5.75 Å². The summed E-state index contributed by atoms with van der Waals surface area (Å²) in [5, 5.41) is 1.60. The second-order valence-electron chi connectivity index (χ2n) is 7.06. The van der Waals surface area contributed by atoms with E-state index in [2.05, 4.69) is 21.4 Å². The fourth-order valence-electron chi connectivity index (χ4n) is 3.12. The number of benzene rings is 3. The van der Waals surface area contributed by atoms with Gasteiger partial charge in [0.1, 0.15) is 12.2 Å². The number of halogens is 2. The predicted molar refractivity (Wildman–Crippen MR) is 125 cm³/mol. The first kappa shape index (κ1) is 21.2. The second kappa shape index (κ2) is 8.96. The number of ether oxygens (including phenoxy) is 1. The van der Waals surface area contributed by atoms with E-state index in [1.54, 1.807) is 36.4 Å². The van der Waals surface area contributed by atoms with Gasteiger partial charge < -0.3 is 4.74 Å². The van der Waals surface area contributed by atoms with Gasteiger partial charge in [0.2, 0.25) is 0 Å². The van der Waals surface area contributed by atoms with Gasteiger partial charge in [0.05, 0.1) is 15.2 Å². The summed E-state index contributed by atoms with van der Waals surface area (Å²) in [5.41, 5.74) is 6.00. The summed E-state index contributed by atoms with van der Waals surface area (Å²) in [4.78, 5) is 25.1. The molecule has 3 aromatic carbocycles. The molecule has 1 fully saturated rings. The van der Waals surface area contributed by atoms with Crippen molar-refractivity contribution >= 4 is 51.1 Å². The number of carbonyl (C=O) groups is 2. The number of aryl methyl sites for hydroxylation is 1. The Hall–Kier alpha value is -3.09. The molecule has 0 aliphatic carbocycles. The van der Waals surface area contributed by atoms with Crippen LogP contribution in [0.4, 0.5) is 5.69 Å². The molecule has 0 bridgehead atoms. The maximum Gasteiger partial charge on any atom is 0.282 e. The highest BCUT2D eigenvalue weighted by atomic mass is 79.9. The van der Waals surface area contributed by atoms with Gasteiger partial charge in [0.25, 0.3) is 11.8 Å². The lowest BCUT2D eigenvalue weighted by atomic mass is 10.1. The molecular weight excluding hydrogens is 480 g/mol. The monoisotopic (exact) mass is 496 g/mol. The minimum atomic E-state index is -0.471. The van der Waals surface area contributed by atoms with Gasteiger partial charge in [-0.05, 0) is 64.3 Å². The fourth-order valence-corrected chi connectivity index (χ4v) is 4.11. The lowest BCUT2D eigenvalue weighted by Gasteiger charge is -2.14. The van der Waals surface area contributed by atoms with Crippen molar-refractivity contribution in [1.29, 1.82) is 0 Å². The third-order valence-electron chi connectivity index (χ3n) is 4.74. The van der Waals surface area contributed by atoms with Crippen molar-refractivity contribution in [2.45, 2.75) is 13.5 Å². The van der Waals surface area contributed by atoms with Gasteiger partial charge in [-0.25, -0.2) is 5.01 Å². The Bertz CT molecular complexity index is 1150. The van der Waals surface area contributed by atoms with Crippen LogP contribution < -0.4 is 15.2 Å². The van der Waals surface area contributed by atoms with Crippen molar-refractivity contribution in [1.82, 2.24) is 5.43 Å². The van der Waals surface area contributed by atoms with Crippen LogP contribution in [0.2, 0.25) is 5.02 Å².